The molecule has 1 saturated heterocycles. The largest absolute Gasteiger partial charge is 0.456 e. The summed E-state index contributed by atoms with van der Waals surface area (Å²) in [6, 6.07) is 3.36. The molecule has 1 atom stereocenters. The van der Waals surface area contributed by atoms with Crippen molar-refractivity contribution in [2.75, 3.05) is 6.54 Å². The molecule has 0 saturated carbocycles. The standard InChI is InChI=1S/C14H17N3O3/c1-9-6-7-12(19-9)14(18)17-8-4-3-5-11(17)13-15-10(2)16-20-13/h6-7,11H,3-5,8H2,1-2H3/t11-/m0/s1. The molecule has 0 radical (unpaired) electrons. The van der Waals surface area contributed by atoms with Crippen molar-refractivity contribution in [2.45, 2.75) is 39.2 Å². The number of aryl methyl sites for hydroxylation is 2. The summed E-state index contributed by atoms with van der Waals surface area (Å²) in [4.78, 5) is 18.6. The third-order valence-electron chi connectivity index (χ3n) is 3.54. The van der Waals surface area contributed by atoms with Crippen LogP contribution < -0.4 is 0 Å². The minimum Gasteiger partial charge on any atom is -0.456 e. The first-order valence-corrected chi connectivity index (χ1v) is 6.83. The van der Waals surface area contributed by atoms with Crippen molar-refractivity contribution < 1.29 is 13.7 Å². The fraction of sp³-hybridized carbons (Fsp3) is 0.500. The molecule has 2 aromatic rings. The molecular weight excluding hydrogens is 258 g/mol. The summed E-state index contributed by atoms with van der Waals surface area (Å²) in [7, 11) is 0. The van der Waals surface area contributed by atoms with Crippen molar-refractivity contribution in [1.29, 1.82) is 0 Å². The van der Waals surface area contributed by atoms with Crippen LogP contribution in [0.5, 0.6) is 0 Å². The number of carbonyl (C=O) groups is 1. The summed E-state index contributed by atoms with van der Waals surface area (Å²) in [5.74, 6) is 2.09. The summed E-state index contributed by atoms with van der Waals surface area (Å²) in [5, 5.41) is 3.81. The van der Waals surface area contributed by atoms with Gasteiger partial charge in [-0.1, -0.05) is 5.16 Å². The van der Waals surface area contributed by atoms with E-state index in [4.69, 9.17) is 8.94 Å². The number of piperidine rings is 1. The molecule has 1 aliphatic rings. The van der Waals surface area contributed by atoms with E-state index in [1.165, 1.54) is 0 Å². The summed E-state index contributed by atoms with van der Waals surface area (Å²) in [5.41, 5.74) is 0. The molecule has 1 fully saturated rings. The summed E-state index contributed by atoms with van der Waals surface area (Å²) < 4.78 is 10.7. The van der Waals surface area contributed by atoms with E-state index in [-0.39, 0.29) is 11.9 Å². The smallest absolute Gasteiger partial charge is 0.290 e. The molecule has 6 heteroatoms. The minimum atomic E-state index is -0.150. The molecule has 0 N–H and O–H groups in total. The predicted molar refractivity (Wildman–Crippen MR) is 70.1 cm³/mol. The maximum Gasteiger partial charge on any atom is 0.290 e. The molecule has 3 rings (SSSR count). The molecule has 1 amide bonds. The van der Waals surface area contributed by atoms with Gasteiger partial charge in [-0.2, -0.15) is 4.98 Å². The second-order valence-electron chi connectivity index (χ2n) is 5.10. The zero-order valence-corrected chi connectivity index (χ0v) is 11.6. The molecular formula is C14H17N3O3. The molecule has 0 spiro atoms. The van der Waals surface area contributed by atoms with Gasteiger partial charge < -0.3 is 13.8 Å². The summed E-state index contributed by atoms with van der Waals surface area (Å²) in [6.07, 6.45) is 2.87. The fourth-order valence-corrected chi connectivity index (χ4v) is 2.57. The van der Waals surface area contributed by atoms with Crippen LogP contribution in [0.25, 0.3) is 0 Å². The zero-order valence-electron chi connectivity index (χ0n) is 11.6. The second kappa shape index (κ2) is 5.11. The maximum atomic E-state index is 12.5. The quantitative estimate of drug-likeness (QED) is 0.842. The van der Waals surface area contributed by atoms with Crippen molar-refractivity contribution in [2.24, 2.45) is 0 Å². The molecule has 0 aromatic carbocycles. The van der Waals surface area contributed by atoms with Crippen molar-refractivity contribution in [1.82, 2.24) is 15.0 Å². The highest BCUT2D eigenvalue weighted by Gasteiger charge is 2.33. The van der Waals surface area contributed by atoms with Crippen LogP contribution in [-0.4, -0.2) is 27.5 Å². The molecule has 3 heterocycles. The summed E-state index contributed by atoms with van der Waals surface area (Å²) >= 11 is 0. The SMILES string of the molecule is Cc1noc([C@@H]2CCCCN2C(=O)c2ccc(C)o2)n1. The van der Waals surface area contributed by atoms with E-state index >= 15 is 0 Å². The molecule has 1 aliphatic heterocycles. The van der Waals surface area contributed by atoms with Gasteiger partial charge in [0.05, 0.1) is 0 Å². The average molecular weight is 275 g/mol. The Labute approximate surface area is 116 Å². The lowest BCUT2D eigenvalue weighted by molar-refractivity contribution is 0.0528. The number of carbonyl (C=O) groups excluding carboxylic acids is 1. The van der Waals surface area contributed by atoms with Gasteiger partial charge in [0.2, 0.25) is 5.89 Å². The number of likely N-dealkylation sites (tertiary alicyclic amines) is 1. The molecule has 6 nitrogen and oxygen atoms in total. The van der Waals surface area contributed by atoms with E-state index < -0.39 is 0 Å². The highest BCUT2D eigenvalue weighted by Crippen LogP contribution is 2.31. The summed E-state index contributed by atoms with van der Waals surface area (Å²) in [6.45, 7) is 4.29. The second-order valence-corrected chi connectivity index (χ2v) is 5.10. The number of furan rings is 1. The van der Waals surface area contributed by atoms with Crippen LogP contribution in [0.15, 0.2) is 21.1 Å². The van der Waals surface area contributed by atoms with E-state index in [0.717, 1.165) is 25.0 Å². The normalized spacial score (nSPS) is 19.3. The van der Waals surface area contributed by atoms with Crippen LogP contribution in [0.2, 0.25) is 0 Å². The number of hydrogen-bond acceptors (Lipinski definition) is 5. The number of rotatable bonds is 2. The van der Waals surface area contributed by atoms with Crippen molar-refractivity contribution >= 4 is 5.91 Å². The van der Waals surface area contributed by atoms with E-state index in [2.05, 4.69) is 10.1 Å². The first-order chi connectivity index (χ1) is 9.65. The monoisotopic (exact) mass is 275 g/mol. The molecule has 0 aliphatic carbocycles. The van der Waals surface area contributed by atoms with Gasteiger partial charge in [-0.05, 0) is 45.2 Å². The van der Waals surface area contributed by atoms with Gasteiger partial charge in [-0.3, -0.25) is 4.79 Å². The lowest BCUT2D eigenvalue weighted by Crippen LogP contribution is -2.38. The van der Waals surface area contributed by atoms with Crippen LogP contribution in [0.3, 0.4) is 0 Å². The number of hydrogen-bond donors (Lipinski definition) is 0. The Morgan fingerprint density at radius 2 is 2.20 bits per heavy atom. The molecule has 106 valence electrons. The van der Waals surface area contributed by atoms with E-state index in [1.807, 2.05) is 6.92 Å². The van der Waals surface area contributed by atoms with E-state index in [9.17, 15) is 4.79 Å². The molecule has 2 aromatic heterocycles. The van der Waals surface area contributed by atoms with E-state index in [0.29, 0.717) is 24.0 Å². The van der Waals surface area contributed by atoms with Gasteiger partial charge in [0.1, 0.15) is 11.8 Å². The van der Waals surface area contributed by atoms with Gasteiger partial charge in [0.25, 0.3) is 5.91 Å². The third kappa shape index (κ3) is 2.33. The van der Waals surface area contributed by atoms with Crippen LogP contribution in [-0.2, 0) is 0 Å². The van der Waals surface area contributed by atoms with Gasteiger partial charge >= 0.3 is 0 Å². The Kier molecular flexibility index (Phi) is 3.30. The number of nitrogens with zero attached hydrogens (tertiary/aromatic N) is 3. The van der Waals surface area contributed by atoms with Crippen molar-refractivity contribution in [3.8, 4) is 0 Å². The highest BCUT2D eigenvalue weighted by molar-refractivity contribution is 5.91. The minimum absolute atomic E-state index is 0.112. The topological polar surface area (TPSA) is 72.4 Å². The fourth-order valence-electron chi connectivity index (χ4n) is 2.57. The zero-order chi connectivity index (χ0) is 14.1. The third-order valence-corrected chi connectivity index (χ3v) is 3.54. The maximum absolute atomic E-state index is 12.5. The lowest BCUT2D eigenvalue weighted by Gasteiger charge is -2.32. The molecule has 0 bridgehead atoms. The van der Waals surface area contributed by atoms with Crippen molar-refractivity contribution in [3.63, 3.8) is 0 Å². The van der Waals surface area contributed by atoms with Crippen LogP contribution in [0, 0.1) is 13.8 Å². The van der Waals surface area contributed by atoms with Crippen LogP contribution in [0.4, 0.5) is 0 Å². The first kappa shape index (κ1) is 12.9. The Morgan fingerprint density at radius 3 is 2.85 bits per heavy atom. The van der Waals surface area contributed by atoms with Crippen LogP contribution in [0.1, 0.15) is 53.3 Å². The molecule has 20 heavy (non-hydrogen) atoms. The average Bonchev–Trinajstić information content (AvgIpc) is 3.07. The van der Waals surface area contributed by atoms with Gasteiger partial charge in [-0.15, -0.1) is 0 Å². The number of aromatic nitrogens is 2. The van der Waals surface area contributed by atoms with Crippen molar-refractivity contribution in [3.05, 3.63) is 35.4 Å². The number of amides is 1. The molecule has 0 unspecified atom stereocenters. The predicted octanol–water partition coefficient (Wildman–Crippen LogP) is 2.65. The Balaban J connectivity index is 1.87. The van der Waals surface area contributed by atoms with Crippen LogP contribution >= 0.6 is 0 Å². The van der Waals surface area contributed by atoms with E-state index in [1.54, 1.807) is 24.0 Å². The highest BCUT2D eigenvalue weighted by atomic mass is 16.5. The van der Waals surface area contributed by atoms with Gasteiger partial charge in [0.15, 0.2) is 11.6 Å². The van der Waals surface area contributed by atoms with Gasteiger partial charge in [0, 0.05) is 6.54 Å². The Morgan fingerprint density at radius 1 is 1.35 bits per heavy atom. The first-order valence-electron chi connectivity index (χ1n) is 6.83. The lowest BCUT2D eigenvalue weighted by atomic mass is 10.0. The van der Waals surface area contributed by atoms with Gasteiger partial charge in [-0.25, -0.2) is 0 Å². The Hall–Kier alpha value is -2.11. The Bertz CT molecular complexity index is 617.